The molecule has 1 aliphatic rings. The molecule has 1 saturated heterocycles. The highest BCUT2D eigenvalue weighted by Gasteiger charge is 2.22. The minimum Gasteiger partial charge on any atom is -0.384 e. The zero-order valence-corrected chi connectivity index (χ0v) is 17.6. The number of anilines is 3. The van der Waals surface area contributed by atoms with Crippen LogP contribution in [0.5, 0.6) is 0 Å². The third-order valence-corrected chi connectivity index (χ3v) is 5.65. The van der Waals surface area contributed by atoms with Gasteiger partial charge >= 0.3 is 0 Å². The highest BCUT2D eigenvalue weighted by atomic mass is 16.5. The first-order valence-electron chi connectivity index (χ1n) is 10.3. The summed E-state index contributed by atoms with van der Waals surface area (Å²) in [5.41, 5.74) is 4.66. The van der Waals surface area contributed by atoms with Crippen molar-refractivity contribution < 1.29 is 14.3 Å². The third kappa shape index (κ3) is 5.38. The zero-order valence-electron chi connectivity index (χ0n) is 17.6. The van der Waals surface area contributed by atoms with Crippen LogP contribution in [0, 0.1) is 11.3 Å². The molecule has 0 spiro atoms. The number of hydrogen-bond acceptors (Lipinski definition) is 6. The van der Waals surface area contributed by atoms with Crippen molar-refractivity contribution in [3.63, 3.8) is 0 Å². The molecule has 0 amide bonds. The molecular formula is C24H29N3O3. The molecule has 158 valence electrons. The van der Waals surface area contributed by atoms with Gasteiger partial charge in [-0.25, -0.2) is 0 Å². The molecule has 0 aromatic heterocycles. The van der Waals surface area contributed by atoms with Gasteiger partial charge in [0.1, 0.15) is 6.29 Å². The van der Waals surface area contributed by atoms with Gasteiger partial charge in [0.2, 0.25) is 0 Å². The van der Waals surface area contributed by atoms with Crippen molar-refractivity contribution in [1.29, 1.82) is 5.26 Å². The van der Waals surface area contributed by atoms with E-state index in [1.165, 1.54) is 0 Å². The minimum absolute atomic E-state index is 0.0106. The van der Waals surface area contributed by atoms with Crippen molar-refractivity contribution in [3.05, 3.63) is 53.6 Å². The summed E-state index contributed by atoms with van der Waals surface area (Å²) < 4.78 is 10.9. The van der Waals surface area contributed by atoms with Crippen LogP contribution >= 0.6 is 0 Å². The molecule has 3 rings (SSSR count). The predicted octanol–water partition coefficient (Wildman–Crippen LogP) is 4.24. The predicted molar refractivity (Wildman–Crippen MR) is 118 cm³/mol. The molecular weight excluding hydrogens is 378 g/mol. The molecule has 30 heavy (non-hydrogen) atoms. The second kappa shape index (κ2) is 10.8. The summed E-state index contributed by atoms with van der Waals surface area (Å²) in [6, 6.07) is 16.3. The van der Waals surface area contributed by atoms with Gasteiger partial charge in [0.15, 0.2) is 0 Å². The van der Waals surface area contributed by atoms with Crippen molar-refractivity contribution in [2.75, 3.05) is 44.2 Å². The van der Waals surface area contributed by atoms with Crippen LogP contribution in [0.3, 0.4) is 0 Å². The Hall–Kier alpha value is -2.88. The van der Waals surface area contributed by atoms with Gasteiger partial charge in [0.05, 0.1) is 29.6 Å². The summed E-state index contributed by atoms with van der Waals surface area (Å²) in [7, 11) is 3.77. The van der Waals surface area contributed by atoms with Gasteiger partial charge in [-0.05, 0) is 54.8 Å². The second-order valence-electron chi connectivity index (χ2n) is 7.60. The number of ether oxygens (including phenoxy) is 2. The smallest absolute Gasteiger partial charge is 0.120 e. The Labute approximate surface area is 178 Å². The van der Waals surface area contributed by atoms with Crippen LogP contribution in [0.4, 0.5) is 17.1 Å². The molecule has 2 aromatic carbocycles. The summed E-state index contributed by atoms with van der Waals surface area (Å²) in [5.74, 6) is 0.0106. The van der Waals surface area contributed by atoms with E-state index in [1.807, 2.05) is 12.1 Å². The quantitative estimate of drug-likeness (QED) is 0.627. The number of methoxy groups -OCH3 is 1. The van der Waals surface area contributed by atoms with E-state index in [9.17, 15) is 4.79 Å². The summed E-state index contributed by atoms with van der Waals surface area (Å²) >= 11 is 0. The van der Waals surface area contributed by atoms with Crippen molar-refractivity contribution in [3.8, 4) is 6.07 Å². The maximum atomic E-state index is 11.2. The monoisotopic (exact) mass is 407 g/mol. The molecule has 1 aliphatic heterocycles. The van der Waals surface area contributed by atoms with E-state index in [4.69, 9.17) is 14.7 Å². The first-order chi connectivity index (χ1) is 14.7. The van der Waals surface area contributed by atoms with Crippen molar-refractivity contribution in [2.24, 2.45) is 0 Å². The van der Waals surface area contributed by atoms with Crippen LogP contribution in [0.2, 0.25) is 0 Å². The maximum Gasteiger partial charge on any atom is 0.120 e. The van der Waals surface area contributed by atoms with Gasteiger partial charge < -0.3 is 24.5 Å². The van der Waals surface area contributed by atoms with E-state index in [-0.39, 0.29) is 5.92 Å². The van der Waals surface area contributed by atoms with Gasteiger partial charge in [-0.15, -0.1) is 0 Å². The Morgan fingerprint density at radius 1 is 1.27 bits per heavy atom. The average Bonchev–Trinajstić information content (AvgIpc) is 2.79. The van der Waals surface area contributed by atoms with E-state index < -0.39 is 0 Å². The molecule has 1 heterocycles. The average molecular weight is 408 g/mol. The van der Waals surface area contributed by atoms with E-state index in [1.54, 1.807) is 19.2 Å². The van der Waals surface area contributed by atoms with Gasteiger partial charge in [-0.3, -0.25) is 0 Å². The van der Waals surface area contributed by atoms with Crippen LogP contribution in [0.15, 0.2) is 42.5 Å². The van der Waals surface area contributed by atoms with Crippen molar-refractivity contribution in [2.45, 2.75) is 31.2 Å². The summed E-state index contributed by atoms with van der Waals surface area (Å²) in [6.07, 6.45) is 3.34. The molecule has 1 fully saturated rings. The summed E-state index contributed by atoms with van der Waals surface area (Å²) in [6.45, 7) is 2.05. The molecule has 1 N–H and O–H groups in total. The lowest BCUT2D eigenvalue weighted by atomic mass is 9.95. The molecule has 0 aliphatic carbocycles. The van der Waals surface area contributed by atoms with Crippen molar-refractivity contribution >= 4 is 23.3 Å². The van der Waals surface area contributed by atoms with Gasteiger partial charge in [-0.2, -0.15) is 5.26 Å². The molecule has 0 bridgehead atoms. The first kappa shape index (κ1) is 21.8. The van der Waals surface area contributed by atoms with E-state index >= 15 is 0 Å². The van der Waals surface area contributed by atoms with Crippen LogP contribution in [-0.2, 0) is 14.3 Å². The number of rotatable bonds is 9. The normalized spacial score (nSPS) is 15.2. The number of aldehydes is 1. The van der Waals surface area contributed by atoms with E-state index in [0.29, 0.717) is 24.6 Å². The third-order valence-electron chi connectivity index (χ3n) is 5.65. The fourth-order valence-electron chi connectivity index (χ4n) is 3.89. The highest BCUT2D eigenvalue weighted by molar-refractivity contribution is 5.76. The topological polar surface area (TPSA) is 74.6 Å². The Morgan fingerprint density at radius 2 is 2.00 bits per heavy atom. The lowest BCUT2D eigenvalue weighted by Crippen LogP contribution is -2.37. The molecule has 6 heteroatoms. The lowest BCUT2D eigenvalue weighted by molar-refractivity contribution is -0.108. The van der Waals surface area contributed by atoms with E-state index in [2.05, 4.69) is 41.5 Å². The summed E-state index contributed by atoms with van der Waals surface area (Å²) in [5, 5.41) is 12.6. The number of carbonyl (C=O) groups is 1. The standard InChI is InChI=1S/C24H29N3O3/c1-27(22-10-13-30-14-11-22)24-8-5-19(20(9-12-28)17-29-2)15-23(24)26-21-6-3-18(16-25)4-7-21/h3-8,12,15,20,22,26H,9-11,13-14,17H2,1-2H3. The highest BCUT2D eigenvalue weighted by Crippen LogP contribution is 2.35. The Bertz CT molecular complexity index is 870. The number of nitriles is 1. The molecule has 2 aromatic rings. The van der Waals surface area contributed by atoms with Crippen LogP contribution < -0.4 is 10.2 Å². The summed E-state index contributed by atoms with van der Waals surface area (Å²) in [4.78, 5) is 13.5. The lowest BCUT2D eigenvalue weighted by Gasteiger charge is -2.34. The number of nitrogens with one attached hydrogen (secondary N) is 1. The molecule has 1 atom stereocenters. The Kier molecular flexibility index (Phi) is 7.83. The second-order valence-corrected chi connectivity index (χ2v) is 7.60. The van der Waals surface area contributed by atoms with Crippen molar-refractivity contribution in [1.82, 2.24) is 0 Å². The number of benzene rings is 2. The fraction of sp³-hybridized carbons (Fsp3) is 0.417. The minimum atomic E-state index is 0.0106. The number of nitrogens with zero attached hydrogens (tertiary/aromatic N) is 2. The van der Waals surface area contributed by atoms with Crippen LogP contribution in [0.25, 0.3) is 0 Å². The van der Waals surface area contributed by atoms with E-state index in [0.717, 1.165) is 55.0 Å². The number of carbonyl (C=O) groups excluding carboxylic acids is 1. The molecule has 1 unspecified atom stereocenters. The SMILES string of the molecule is COCC(CC=O)c1ccc(N(C)C2CCOCC2)c(Nc2ccc(C#N)cc2)c1. The molecule has 0 saturated carbocycles. The van der Waals surface area contributed by atoms with Gasteiger partial charge in [0, 0.05) is 51.4 Å². The zero-order chi connectivity index (χ0) is 21.3. The Morgan fingerprint density at radius 3 is 2.63 bits per heavy atom. The Balaban J connectivity index is 1.95. The first-order valence-corrected chi connectivity index (χ1v) is 10.3. The van der Waals surface area contributed by atoms with Gasteiger partial charge in [0.25, 0.3) is 0 Å². The van der Waals surface area contributed by atoms with Crippen LogP contribution in [0.1, 0.15) is 36.3 Å². The largest absolute Gasteiger partial charge is 0.384 e. The fourth-order valence-corrected chi connectivity index (χ4v) is 3.89. The van der Waals surface area contributed by atoms with Gasteiger partial charge in [-0.1, -0.05) is 6.07 Å². The maximum absolute atomic E-state index is 11.2. The van der Waals surface area contributed by atoms with Crippen LogP contribution in [-0.4, -0.2) is 46.3 Å². The molecule has 0 radical (unpaired) electrons. The molecule has 6 nitrogen and oxygen atoms in total. The number of hydrogen-bond donors (Lipinski definition) is 1.